The number of nitrogens with one attached hydrogen (secondary N) is 1. The van der Waals surface area contributed by atoms with Crippen LogP contribution in [0.25, 0.3) is 22.4 Å². The highest BCUT2D eigenvalue weighted by atomic mass is 32.2. The molecule has 0 radical (unpaired) electrons. The Morgan fingerprint density at radius 1 is 1.00 bits per heavy atom. The lowest BCUT2D eigenvalue weighted by atomic mass is 10.2. The standard InChI is InChI=1S/C22H31N7O4S.C2H6O3S/c1-5-17-18-19(26-29(17)7-3)21(30)25-20(24-18)16-13-15(14-23-22(16)33-8-4)34(31,32)28-11-9-27(6-2)10-12-28;1-2-6(3,4)5/h13-14H,5-12H2,1-4H3,(H,24,25,30);2H2,1H3,(H,3,4,5). The van der Waals surface area contributed by atoms with E-state index in [1.54, 1.807) is 4.68 Å². The molecule has 0 aliphatic carbocycles. The topological polar surface area (TPSA) is 181 Å². The Kier molecular flexibility index (Phi) is 10.4. The van der Waals surface area contributed by atoms with Gasteiger partial charge in [-0.3, -0.25) is 14.0 Å². The van der Waals surface area contributed by atoms with Gasteiger partial charge in [0.1, 0.15) is 16.2 Å². The molecule has 0 bridgehead atoms. The van der Waals surface area contributed by atoms with E-state index in [0.29, 0.717) is 56.8 Å². The summed E-state index contributed by atoms with van der Waals surface area (Å²) in [5.74, 6) is 0.208. The molecule has 1 aliphatic rings. The molecular weight excluding hydrogens is 562 g/mol. The number of fused-ring (bicyclic) bond motifs is 1. The molecule has 40 heavy (non-hydrogen) atoms. The first-order valence-corrected chi connectivity index (χ1v) is 16.2. The van der Waals surface area contributed by atoms with Gasteiger partial charge in [0.05, 0.1) is 29.8 Å². The fourth-order valence-electron chi connectivity index (χ4n) is 4.23. The molecule has 0 unspecified atom stereocenters. The Hall–Kier alpha value is -2.92. The number of ether oxygens (including phenoxy) is 1. The summed E-state index contributed by atoms with van der Waals surface area (Å²) in [7, 11) is -7.43. The predicted octanol–water partition coefficient (Wildman–Crippen LogP) is 1.38. The van der Waals surface area contributed by atoms with E-state index in [4.69, 9.17) is 9.29 Å². The monoisotopic (exact) mass is 599 g/mol. The molecule has 4 rings (SSSR count). The molecule has 1 saturated heterocycles. The molecule has 3 aromatic heterocycles. The lowest BCUT2D eigenvalue weighted by Gasteiger charge is -2.33. The number of aryl methyl sites for hydroxylation is 2. The van der Waals surface area contributed by atoms with Crippen LogP contribution in [-0.4, -0.2) is 100 Å². The van der Waals surface area contributed by atoms with E-state index in [-0.39, 0.29) is 27.9 Å². The van der Waals surface area contributed by atoms with Crippen LogP contribution < -0.4 is 10.3 Å². The Labute approximate surface area is 234 Å². The molecule has 0 aromatic carbocycles. The molecule has 16 heteroatoms. The predicted molar refractivity (Wildman–Crippen MR) is 151 cm³/mol. The van der Waals surface area contributed by atoms with E-state index in [1.807, 2.05) is 20.8 Å². The van der Waals surface area contributed by atoms with Gasteiger partial charge >= 0.3 is 0 Å². The third-order valence-corrected chi connectivity index (χ3v) is 9.07. The third-order valence-electron chi connectivity index (χ3n) is 6.48. The summed E-state index contributed by atoms with van der Waals surface area (Å²) in [6, 6.07) is 1.49. The molecule has 0 atom stereocenters. The molecule has 0 amide bonds. The number of rotatable bonds is 9. The van der Waals surface area contributed by atoms with E-state index in [0.717, 1.165) is 12.2 Å². The summed E-state index contributed by atoms with van der Waals surface area (Å²) >= 11 is 0. The lowest BCUT2D eigenvalue weighted by Crippen LogP contribution is -2.48. The van der Waals surface area contributed by atoms with E-state index < -0.39 is 25.7 Å². The number of pyridine rings is 1. The van der Waals surface area contributed by atoms with Crippen LogP contribution in [0.2, 0.25) is 0 Å². The number of piperazine rings is 1. The van der Waals surface area contributed by atoms with Gasteiger partial charge < -0.3 is 14.6 Å². The van der Waals surface area contributed by atoms with E-state index in [1.165, 1.54) is 23.5 Å². The summed E-state index contributed by atoms with van der Waals surface area (Å²) in [5, 5.41) is 4.38. The summed E-state index contributed by atoms with van der Waals surface area (Å²) in [4.78, 5) is 26.8. The molecule has 4 heterocycles. The van der Waals surface area contributed by atoms with Crippen molar-refractivity contribution in [2.24, 2.45) is 0 Å². The van der Waals surface area contributed by atoms with Crippen LogP contribution in [0.5, 0.6) is 5.88 Å². The molecule has 1 aliphatic heterocycles. The molecule has 1 fully saturated rings. The zero-order chi connectivity index (χ0) is 29.7. The molecule has 14 nitrogen and oxygen atoms in total. The van der Waals surface area contributed by atoms with Crippen LogP contribution >= 0.6 is 0 Å². The fourth-order valence-corrected chi connectivity index (χ4v) is 5.63. The van der Waals surface area contributed by atoms with Gasteiger partial charge in [-0.05, 0) is 39.8 Å². The lowest BCUT2D eigenvalue weighted by molar-refractivity contribution is 0.196. The van der Waals surface area contributed by atoms with Crippen molar-refractivity contribution in [3.63, 3.8) is 0 Å². The van der Waals surface area contributed by atoms with Gasteiger partial charge in [-0.2, -0.15) is 17.8 Å². The fraction of sp³-hybridized carbons (Fsp3) is 0.583. The van der Waals surface area contributed by atoms with Crippen molar-refractivity contribution < 1.29 is 26.1 Å². The van der Waals surface area contributed by atoms with Crippen molar-refractivity contribution >= 4 is 31.2 Å². The highest BCUT2D eigenvalue weighted by Gasteiger charge is 2.30. The van der Waals surface area contributed by atoms with Crippen molar-refractivity contribution in [1.29, 1.82) is 0 Å². The summed E-state index contributed by atoms with van der Waals surface area (Å²) in [5.41, 5.74) is 1.52. The zero-order valence-electron chi connectivity index (χ0n) is 23.4. The van der Waals surface area contributed by atoms with Crippen LogP contribution in [0.3, 0.4) is 0 Å². The van der Waals surface area contributed by atoms with Gasteiger partial charge in [0.2, 0.25) is 15.9 Å². The summed E-state index contributed by atoms with van der Waals surface area (Å²) in [6.07, 6.45) is 1.95. The number of likely N-dealkylation sites (N-methyl/N-ethyl adjacent to an activating group) is 1. The van der Waals surface area contributed by atoms with Gasteiger partial charge in [0.15, 0.2) is 5.52 Å². The maximum Gasteiger partial charge on any atom is 0.279 e. The smallest absolute Gasteiger partial charge is 0.279 e. The third kappa shape index (κ3) is 7.04. The van der Waals surface area contributed by atoms with Crippen molar-refractivity contribution in [1.82, 2.24) is 33.9 Å². The van der Waals surface area contributed by atoms with E-state index in [2.05, 4.69) is 31.9 Å². The van der Waals surface area contributed by atoms with Crippen molar-refractivity contribution in [2.45, 2.75) is 52.5 Å². The Balaban J connectivity index is 0.000000663. The van der Waals surface area contributed by atoms with Crippen molar-refractivity contribution in [3.8, 4) is 17.3 Å². The number of nitrogens with zero attached hydrogens (tertiary/aromatic N) is 6. The zero-order valence-corrected chi connectivity index (χ0v) is 25.0. The number of aromatic amines is 1. The number of sulfonamides is 1. The second kappa shape index (κ2) is 13.2. The Bertz CT molecular complexity index is 1590. The van der Waals surface area contributed by atoms with Crippen molar-refractivity contribution in [3.05, 3.63) is 28.3 Å². The average molecular weight is 600 g/mol. The first kappa shape index (κ1) is 31.6. The van der Waals surface area contributed by atoms with Crippen LogP contribution in [-0.2, 0) is 33.1 Å². The highest BCUT2D eigenvalue weighted by molar-refractivity contribution is 7.89. The minimum Gasteiger partial charge on any atom is -0.477 e. The van der Waals surface area contributed by atoms with Gasteiger partial charge in [-0.25, -0.2) is 18.4 Å². The second-order valence-corrected chi connectivity index (χ2v) is 12.6. The first-order valence-electron chi connectivity index (χ1n) is 13.2. The number of hydrogen-bond acceptors (Lipinski definition) is 10. The van der Waals surface area contributed by atoms with Crippen LogP contribution in [0.4, 0.5) is 0 Å². The quantitative estimate of drug-likeness (QED) is 0.339. The van der Waals surface area contributed by atoms with Gasteiger partial charge in [-0.1, -0.05) is 13.8 Å². The molecule has 3 aromatic rings. The number of H-pyrrole nitrogens is 1. The second-order valence-electron chi connectivity index (χ2n) is 8.89. The van der Waals surface area contributed by atoms with E-state index >= 15 is 0 Å². The van der Waals surface area contributed by atoms with Gasteiger partial charge in [0.25, 0.3) is 15.7 Å². The summed E-state index contributed by atoms with van der Waals surface area (Å²) in [6.45, 7) is 13.2. The van der Waals surface area contributed by atoms with Crippen LogP contribution in [0, 0.1) is 0 Å². The Morgan fingerprint density at radius 3 is 2.17 bits per heavy atom. The molecule has 222 valence electrons. The highest BCUT2D eigenvalue weighted by Crippen LogP contribution is 2.30. The first-order chi connectivity index (χ1) is 18.9. The van der Waals surface area contributed by atoms with Gasteiger partial charge in [0, 0.05) is 32.7 Å². The molecule has 0 saturated carbocycles. The SMILES string of the molecule is CCOc1ncc(S(=O)(=O)N2CCN(CC)CC2)cc1-c1nc2c(CC)n(CC)nc2c(=O)[nH]1.CCS(=O)(=O)O. The Morgan fingerprint density at radius 2 is 1.65 bits per heavy atom. The largest absolute Gasteiger partial charge is 0.477 e. The normalized spacial score (nSPS) is 15.2. The number of hydrogen-bond donors (Lipinski definition) is 2. The molecule has 2 N–H and O–H groups in total. The minimum absolute atomic E-state index is 0.0404. The van der Waals surface area contributed by atoms with Crippen LogP contribution in [0.15, 0.2) is 22.0 Å². The summed E-state index contributed by atoms with van der Waals surface area (Å²) < 4.78 is 62.6. The van der Waals surface area contributed by atoms with Crippen LogP contribution in [0.1, 0.15) is 40.3 Å². The molecular formula is C24H37N7O7S2. The molecule has 0 spiro atoms. The van der Waals surface area contributed by atoms with Crippen molar-refractivity contribution in [2.75, 3.05) is 45.1 Å². The average Bonchev–Trinajstić information content (AvgIpc) is 3.31. The maximum absolute atomic E-state index is 13.4. The maximum atomic E-state index is 13.4. The number of aromatic nitrogens is 5. The van der Waals surface area contributed by atoms with E-state index in [9.17, 15) is 21.6 Å². The van der Waals surface area contributed by atoms with Gasteiger partial charge in [-0.15, -0.1) is 0 Å². The minimum atomic E-state index is -3.77.